The first-order valence-corrected chi connectivity index (χ1v) is 8.76. The van der Waals surface area contributed by atoms with Crippen LogP contribution in [0.4, 0.5) is 10.6 Å². The van der Waals surface area contributed by atoms with E-state index in [0.29, 0.717) is 31.7 Å². The number of carbonyl (C=O) groups excluding carboxylic acids is 1. The highest BCUT2D eigenvalue weighted by atomic mass is 16.6. The van der Waals surface area contributed by atoms with E-state index in [1.165, 1.54) is 4.90 Å². The Balaban J connectivity index is 2.21. The molecule has 0 bridgehead atoms. The van der Waals surface area contributed by atoms with Crippen LogP contribution in [0.5, 0.6) is 0 Å². The van der Waals surface area contributed by atoms with Crippen molar-refractivity contribution in [1.82, 2.24) is 9.97 Å². The maximum absolute atomic E-state index is 12.7. The van der Waals surface area contributed by atoms with Crippen LogP contribution in [-0.2, 0) is 17.6 Å². The van der Waals surface area contributed by atoms with E-state index in [1.807, 2.05) is 51.1 Å². The van der Waals surface area contributed by atoms with Gasteiger partial charge in [-0.1, -0.05) is 17.2 Å². The van der Waals surface area contributed by atoms with E-state index in [-0.39, 0.29) is 0 Å². The highest BCUT2D eigenvalue weighted by Crippen LogP contribution is 2.18. The summed E-state index contributed by atoms with van der Waals surface area (Å²) < 4.78 is 5.54. The number of ether oxygens (including phenoxy) is 1. The summed E-state index contributed by atoms with van der Waals surface area (Å²) >= 11 is 0. The van der Waals surface area contributed by atoms with Crippen LogP contribution in [0, 0.1) is 0 Å². The predicted octanol–water partition coefficient (Wildman–Crippen LogP) is 4.31. The SMILES string of the molecule is CC(C)(C)OC(=O)N(CCc1ccccn1)c1cccc(CCN=[N+]=[N-])n1. The van der Waals surface area contributed by atoms with E-state index in [1.54, 1.807) is 12.3 Å². The molecule has 0 N–H and O–H groups in total. The van der Waals surface area contributed by atoms with Crippen LogP contribution in [0.25, 0.3) is 10.4 Å². The molecule has 8 nitrogen and oxygen atoms in total. The molecule has 142 valence electrons. The van der Waals surface area contributed by atoms with Gasteiger partial charge in [0.2, 0.25) is 0 Å². The van der Waals surface area contributed by atoms with Crippen molar-refractivity contribution in [3.8, 4) is 0 Å². The third-order valence-corrected chi connectivity index (χ3v) is 3.53. The number of anilines is 1. The van der Waals surface area contributed by atoms with Crippen molar-refractivity contribution in [3.05, 3.63) is 64.4 Å². The fourth-order valence-corrected chi connectivity index (χ4v) is 2.35. The van der Waals surface area contributed by atoms with Crippen LogP contribution in [0.2, 0.25) is 0 Å². The van der Waals surface area contributed by atoms with E-state index >= 15 is 0 Å². The lowest BCUT2D eigenvalue weighted by Crippen LogP contribution is -2.38. The molecule has 0 aliphatic heterocycles. The number of aromatic nitrogens is 2. The van der Waals surface area contributed by atoms with Crippen LogP contribution >= 0.6 is 0 Å². The maximum Gasteiger partial charge on any atom is 0.416 e. The normalized spacial score (nSPS) is 10.8. The Hall–Kier alpha value is -3.12. The zero-order valence-electron chi connectivity index (χ0n) is 15.9. The highest BCUT2D eigenvalue weighted by molar-refractivity contribution is 5.86. The molecule has 0 unspecified atom stereocenters. The average Bonchev–Trinajstić information content (AvgIpc) is 2.62. The third kappa shape index (κ3) is 6.95. The van der Waals surface area contributed by atoms with Gasteiger partial charge in [-0.05, 0) is 57.0 Å². The number of rotatable bonds is 7. The van der Waals surface area contributed by atoms with Crippen LogP contribution in [0.3, 0.4) is 0 Å². The standard InChI is InChI=1S/C19H24N6O2/c1-19(2,3)27-18(26)25(14-11-15-7-4-5-12-21-15)17-9-6-8-16(23-17)10-13-22-24-20/h4-9,12H,10-11,13-14H2,1-3H3. The molecule has 2 aromatic rings. The topological polar surface area (TPSA) is 104 Å². The number of hydrogen-bond donors (Lipinski definition) is 0. The van der Waals surface area contributed by atoms with E-state index < -0.39 is 11.7 Å². The van der Waals surface area contributed by atoms with Gasteiger partial charge in [0.15, 0.2) is 0 Å². The Morgan fingerprint density at radius 3 is 2.63 bits per heavy atom. The summed E-state index contributed by atoms with van der Waals surface area (Å²) in [4.78, 5) is 25.8. The average molecular weight is 368 g/mol. The Kier molecular flexibility index (Phi) is 7.14. The Morgan fingerprint density at radius 1 is 1.19 bits per heavy atom. The number of hydrogen-bond acceptors (Lipinski definition) is 5. The molecule has 1 amide bonds. The van der Waals surface area contributed by atoms with E-state index in [9.17, 15) is 4.79 Å². The number of nitrogens with zero attached hydrogens (tertiary/aromatic N) is 6. The lowest BCUT2D eigenvalue weighted by Gasteiger charge is -2.27. The van der Waals surface area contributed by atoms with Gasteiger partial charge < -0.3 is 4.74 Å². The smallest absolute Gasteiger partial charge is 0.416 e. The van der Waals surface area contributed by atoms with Gasteiger partial charge in [-0.2, -0.15) is 0 Å². The van der Waals surface area contributed by atoms with Crippen LogP contribution in [0.1, 0.15) is 32.2 Å². The summed E-state index contributed by atoms with van der Waals surface area (Å²) in [5.74, 6) is 0.499. The molecule has 2 heterocycles. The molecule has 27 heavy (non-hydrogen) atoms. The number of amides is 1. The van der Waals surface area contributed by atoms with Crippen molar-refractivity contribution in [3.63, 3.8) is 0 Å². The van der Waals surface area contributed by atoms with Gasteiger partial charge in [0, 0.05) is 42.0 Å². The van der Waals surface area contributed by atoms with Gasteiger partial charge in [0.25, 0.3) is 0 Å². The molecule has 0 saturated heterocycles. The minimum atomic E-state index is -0.612. The lowest BCUT2D eigenvalue weighted by molar-refractivity contribution is 0.0579. The van der Waals surface area contributed by atoms with Crippen molar-refractivity contribution in [1.29, 1.82) is 0 Å². The first kappa shape index (κ1) is 20.2. The number of azide groups is 1. The van der Waals surface area contributed by atoms with Gasteiger partial charge in [-0.15, -0.1) is 0 Å². The molecule has 0 aliphatic rings. The first-order chi connectivity index (χ1) is 12.9. The molecule has 0 fully saturated rings. The summed E-state index contributed by atoms with van der Waals surface area (Å²) in [6.07, 6.45) is 2.34. The van der Waals surface area contributed by atoms with E-state index in [4.69, 9.17) is 10.3 Å². The van der Waals surface area contributed by atoms with Crippen LogP contribution in [-0.4, -0.2) is 34.8 Å². The molecule has 0 aromatic carbocycles. The summed E-state index contributed by atoms with van der Waals surface area (Å²) in [7, 11) is 0. The van der Waals surface area contributed by atoms with Crippen molar-refractivity contribution < 1.29 is 9.53 Å². The molecule has 8 heteroatoms. The monoisotopic (exact) mass is 368 g/mol. The first-order valence-electron chi connectivity index (χ1n) is 8.76. The molecule has 2 rings (SSSR count). The number of carbonyl (C=O) groups is 1. The van der Waals surface area contributed by atoms with Gasteiger partial charge in [0.1, 0.15) is 11.4 Å². The molecular formula is C19H24N6O2. The zero-order chi connectivity index (χ0) is 19.7. The molecule has 0 aliphatic carbocycles. The van der Waals surface area contributed by atoms with Crippen LogP contribution < -0.4 is 4.90 Å². The molecule has 0 atom stereocenters. The molecule has 2 aromatic heterocycles. The predicted molar refractivity (Wildman–Crippen MR) is 103 cm³/mol. The van der Waals surface area contributed by atoms with E-state index in [2.05, 4.69) is 20.0 Å². The van der Waals surface area contributed by atoms with Crippen molar-refractivity contribution >= 4 is 11.9 Å². The highest BCUT2D eigenvalue weighted by Gasteiger charge is 2.24. The third-order valence-electron chi connectivity index (χ3n) is 3.53. The molecular weight excluding hydrogens is 344 g/mol. The van der Waals surface area contributed by atoms with Gasteiger partial charge in [-0.25, -0.2) is 9.78 Å². The largest absolute Gasteiger partial charge is 0.443 e. The minimum Gasteiger partial charge on any atom is -0.443 e. The van der Waals surface area contributed by atoms with Gasteiger partial charge in [-0.3, -0.25) is 9.88 Å². The zero-order valence-corrected chi connectivity index (χ0v) is 15.9. The van der Waals surface area contributed by atoms with Crippen molar-refractivity contribution in [2.24, 2.45) is 5.11 Å². The van der Waals surface area contributed by atoms with Crippen LogP contribution in [0.15, 0.2) is 47.7 Å². The maximum atomic E-state index is 12.7. The Labute approximate surface area is 158 Å². The van der Waals surface area contributed by atoms with Crippen molar-refractivity contribution in [2.45, 2.75) is 39.2 Å². The summed E-state index contributed by atoms with van der Waals surface area (Å²) in [5, 5.41) is 3.53. The summed E-state index contributed by atoms with van der Waals surface area (Å²) in [6.45, 7) is 6.18. The second-order valence-corrected chi connectivity index (χ2v) is 6.89. The minimum absolute atomic E-state index is 0.313. The second kappa shape index (κ2) is 9.54. The Bertz CT molecular complexity index is 797. The van der Waals surface area contributed by atoms with Crippen molar-refractivity contribution in [2.75, 3.05) is 18.0 Å². The summed E-state index contributed by atoms with van der Waals surface area (Å²) in [6, 6.07) is 11.1. The second-order valence-electron chi connectivity index (χ2n) is 6.89. The fourth-order valence-electron chi connectivity index (χ4n) is 2.35. The Morgan fingerprint density at radius 2 is 1.96 bits per heavy atom. The van der Waals surface area contributed by atoms with E-state index in [0.717, 1.165) is 11.4 Å². The lowest BCUT2D eigenvalue weighted by atomic mass is 10.2. The molecule has 0 radical (unpaired) electrons. The van der Waals surface area contributed by atoms with Gasteiger partial charge in [0.05, 0.1) is 0 Å². The molecule has 0 spiro atoms. The molecule has 0 saturated carbocycles. The summed E-state index contributed by atoms with van der Waals surface area (Å²) in [5.41, 5.74) is 9.42. The number of pyridine rings is 2. The quantitative estimate of drug-likeness (QED) is 0.412. The van der Waals surface area contributed by atoms with Gasteiger partial charge >= 0.3 is 6.09 Å². The fraction of sp³-hybridized carbons (Fsp3) is 0.421.